The van der Waals surface area contributed by atoms with E-state index in [1.165, 1.54) is 34.2 Å². The van der Waals surface area contributed by atoms with Gasteiger partial charge in [0.25, 0.3) is 5.91 Å². The van der Waals surface area contributed by atoms with Crippen molar-refractivity contribution in [3.05, 3.63) is 83.5 Å². The SMILES string of the molecule is Cc1nnnn1-c1cc(NC(=O)c2nc(-c3cccs3)n(-c3ccccc3)n2)ccc1F. The number of anilines is 1. The molecule has 32 heavy (non-hydrogen) atoms. The fourth-order valence-electron chi connectivity index (χ4n) is 3.12. The smallest absolute Gasteiger partial charge is 0.295 e. The maximum atomic E-state index is 14.3. The second-order valence-corrected chi connectivity index (χ2v) is 7.69. The number of para-hydroxylation sites is 1. The molecule has 3 heterocycles. The van der Waals surface area contributed by atoms with E-state index in [-0.39, 0.29) is 11.5 Å². The van der Waals surface area contributed by atoms with Gasteiger partial charge in [0, 0.05) is 5.69 Å². The summed E-state index contributed by atoms with van der Waals surface area (Å²) in [5, 5.41) is 20.2. The summed E-state index contributed by atoms with van der Waals surface area (Å²) < 4.78 is 17.2. The van der Waals surface area contributed by atoms with Crippen LogP contribution in [-0.4, -0.2) is 40.9 Å². The Morgan fingerprint density at radius 2 is 1.91 bits per heavy atom. The molecule has 0 unspecified atom stereocenters. The van der Waals surface area contributed by atoms with E-state index in [1.54, 1.807) is 11.6 Å². The number of hydrogen-bond acceptors (Lipinski definition) is 7. The number of aromatic nitrogens is 7. The summed E-state index contributed by atoms with van der Waals surface area (Å²) in [5.41, 5.74) is 1.25. The standard InChI is InChI=1S/C21H15FN8OS/c1-13-25-27-28-29(13)17-12-14(9-10-16(17)22)23-21(31)19-24-20(18-8-5-11-32-18)30(26-19)15-6-3-2-4-7-15/h2-12H,1H3,(H,23,31). The van der Waals surface area contributed by atoms with Crippen LogP contribution in [0.2, 0.25) is 0 Å². The number of nitrogens with zero attached hydrogens (tertiary/aromatic N) is 7. The van der Waals surface area contributed by atoms with Crippen LogP contribution in [0.3, 0.4) is 0 Å². The maximum absolute atomic E-state index is 14.3. The minimum Gasteiger partial charge on any atom is -0.319 e. The van der Waals surface area contributed by atoms with Gasteiger partial charge in [-0.2, -0.15) is 4.68 Å². The van der Waals surface area contributed by atoms with E-state index < -0.39 is 11.7 Å². The van der Waals surface area contributed by atoms with Gasteiger partial charge >= 0.3 is 0 Å². The van der Waals surface area contributed by atoms with Gasteiger partial charge in [-0.25, -0.2) is 14.1 Å². The molecule has 2 aromatic carbocycles. The van der Waals surface area contributed by atoms with E-state index in [1.807, 2.05) is 47.8 Å². The highest BCUT2D eigenvalue weighted by molar-refractivity contribution is 7.13. The van der Waals surface area contributed by atoms with Crippen LogP contribution in [0.15, 0.2) is 66.0 Å². The van der Waals surface area contributed by atoms with Crippen LogP contribution >= 0.6 is 11.3 Å². The van der Waals surface area contributed by atoms with Crippen molar-refractivity contribution in [1.29, 1.82) is 0 Å². The van der Waals surface area contributed by atoms with E-state index in [4.69, 9.17) is 0 Å². The minimum atomic E-state index is -0.525. The Bertz CT molecular complexity index is 1390. The molecule has 0 radical (unpaired) electrons. The summed E-state index contributed by atoms with van der Waals surface area (Å²) in [4.78, 5) is 18.3. The van der Waals surface area contributed by atoms with Gasteiger partial charge in [-0.1, -0.05) is 24.3 Å². The number of amides is 1. The predicted octanol–water partition coefficient (Wildman–Crippen LogP) is 3.67. The van der Waals surface area contributed by atoms with Gasteiger partial charge < -0.3 is 5.32 Å². The van der Waals surface area contributed by atoms with Crippen molar-refractivity contribution in [2.45, 2.75) is 6.92 Å². The molecule has 3 aromatic heterocycles. The average molecular weight is 446 g/mol. The third-order valence-corrected chi connectivity index (χ3v) is 5.48. The molecule has 1 amide bonds. The largest absolute Gasteiger partial charge is 0.319 e. The fraction of sp³-hybridized carbons (Fsp3) is 0.0476. The highest BCUT2D eigenvalue weighted by Gasteiger charge is 2.20. The summed E-state index contributed by atoms with van der Waals surface area (Å²) in [7, 11) is 0. The molecule has 0 aliphatic heterocycles. The van der Waals surface area contributed by atoms with Crippen molar-refractivity contribution in [3.8, 4) is 22.1 Å². The number of nitrogens with one attached hydrogen (secondary N) is 1. The van der Waals surface area contributed by atoms with Crippen LogP contribution in [0.25, 0.3) is 22.1 Å². The van der Waals surface area contributed by atoms with Gasteiger partial charge in [0.1, 0.15) is 11.5 Å². The Hall–Kier alpha value is -4.25. The Balaban J connectivity index is 1.49. The Morgan fingerprint density at radius 3 is 2.62 bits per heavy atom. The van der Waals surface area contributed by atoms with Crippen LogP contribution < -0.4 is 5.32 Å². The summed E-state index contributed by atoms with van der Waals surface area (Å²) >= 11 is 1.50. The lowest BCUT2D eigenvalue weighted by atomic mass is 10.2. The molecular formula is C21H15FN8OS. The summed E-state index contributed by atoms with van der Waals surface area (Å²) in [6.45, 7) is 1.65. The first-order chi connectivity index (χ1) is 15.6. The van der Waals surface area contributed by atoms with Gasteiger partial charge in [-0.3, -0.25) is 4.79 Å². The van der Waals surface area contributed by atoms with Crippen LogP contribution in [0, 0.1) is 12.7 Å². The molecule has 0 saturated heterocycles. The number of rotatable bonds is 5. The zero-order valence-electron chi connectivity index (χ0n) is 16.7. The average Bonchev–Trinajstić information content (AvgIpc) is 3.56. The van der Waals surface area contributed by atoms with Gasteiger partial charge in [0.2, 0.25) is 5.82 Å². The van der Waals surface area contributed by atoms with Crippen LogP contribution in [-0.2, 0) is 0 Å². The van der Waals surface area contributed by atoms with Crippen molar-refractivity contribution >= 4 is 22.9 Å². The van der Waals surface area contributed by atoms with E-state index in [0.29, 0.717) is 17.3 Å². The quantitative estimate of drug-likeness (QED) is 0.442. The molecule has 1 N–H and O–H groups in total. The van der Waals surface area contributed by atoms with Crippen molar-refractivity contribution in [2.24, 2.45) is 0 Å². The Morgan fingerprint density at radius 1 is 1.06 bits per heavy atom. The highest BCUT2D eigenvalue weighted by atomic mass is 32.1. The number of halogens is 1. The lowest BCUT2D eigenvalue weighted by molar-refractivity contribution is 0.101. The van der Waals surface area contributed by atoms with Crippen molar-refractivity contribution in [2.75, 3.05) is 5.32 Å². The lowest BCUT2D eigenvalue weighted by Gasteiger charge is -2.07. The van der Waals surface area contributed by atoms with Crippen LogP contribution in [0.4, 0.5) is 10.1 Å². The van der Waals surface area contributed by atoms with Crippen molar-refractivity contribution in [3.63, 3.8) is 0 Å². The van der Waals surface area contributed by atoms with E-state index in [0.717, 1.165) is 10.6 Å². The molecule has 0 fully saturated rings. The molecule has 5 aromatic rings. The highest BCUT2D eigenvalue weighted by Crippen LogP contribution is 2.26. The monoisotopic (exact) mass is 446 g/mol. The van der Waals surface area contributed by atoms with Gasteiger partial charge in [0.05, 0.1) is 10.6 Å². The Kier molecular flexibility index (Phi) is 5.00. The first-order valence-electron chi connectivity index (χ1n) is 9.53. The first kappa shape index (κ1) is 19.7. The zero-order chi connectivity index (χ0) is 22.1. The molecular weight excluding hydrogens is 431 g/mol. The summed E-state index contributed by atoms with van der Waals surface area (Å²) in [6, 6.07) is 17.4. The number of aryl methyl sites for hydroxylation is 1. The molecule has 158 valence electrons. The van der Waals surface area contributed by atoms with Gasteiger partial charge in [-0.05, 0) is 59.1 Å². The molecule has 0 saturated carbocycles. The van der Waals surface area contributed by atoms with Crippen LogP contribution in [0.5, 0.6) is 0 Å². The Labute approximate surface area is 185 Å². The van der Waals surface area contributed by atoms with Crippen LogP contribution in [0.1, 0.15) is 16.4 Å². The third-order valence-electron chi connectivity index (χ3n) is 4.61. The second kappa shape index (κ2) is 8.12. The van der Waals surface area contributed by atoms with Gasteiger partial charge in [0.15, 0.2) is 11.6 Å². The second-order valence-electron chi connectivity index (χ2n) is 6.74. The maximum Gasteiger partial charge on any atom is 0.295 e. The normalized spacial score (nSPS) is 10.9. The first-order valence-corrected chi connectivity index (χ1v) is 10.4. The number of carbonyl (C=O) groups is 1. The number of benzene rings is 2. The number of tetrazole rings is 1. The third kappa shape index (κ3) is 3.65. The summed E-state index contributed by atoms with van der Waals surface area (Å²) in [6.07, 6.45) is 0. The number of carbonyl (C=O) groups excluding carboxylic acids is 1. The number of hydrogen-bond donors (Lipinski definition) is 1. The predicted molar refractivity (Wildman–Crippen MR) is 116 cm³/mol. The molecule has 0 atom stereocenters. The minimum absolute atomic E-state index is 0.0123. The molecule has 5 rings (SSSR count). The topological polar surface area (TPSA) is 103 Å². The van der Waals surface area contributed by atoms with Gasteiger partial charge in [-0.15, -0.1) is 21.5 Å². The molecule has 11 heteroatoms. The van der Waals surface area contributed by atoms with E-state index in [9.17, 15) is 9.18 Å². The fourth-order valence-corrected chi connectivity index (χ4v) is 3.82. The summed E-state index contributed by atoms with van der Waals surface area (Å²) in [5.74, 6) is -0.0910. The molecule has 9 nitrogen and oxygen atoms in total. The lowest BCUT2D eigenvalue weighted by Crippen LogP contribution is -2.15. The number of thiophene rings is 1. The van der Waals surface area contributed by atoms with Crippen molar-refractivity contribution in [1.82, 2.24) is 35.0 Å². The molecule has 0 aliphatic carbocycles. The molecule has 0 spiro atoms. The van der Waals surface area contributed by atoms with E-state index in [2.05, 4.69) is 30.9 Å². The zero-order valence-corrected chi connectivity index (χ0v) is 17.5. The molecule has 0 bridgehead atoms. The van der Waals surface area contributed by atoms with E-state index >= 15 is 0 Å². The molecule has 0 aliphatic rings. The van der Waals surface area contributed by atoms with Crippen molar-refractivity contribution < 1.29 is 9.18 Å².